The summed E-state index contributed by atoms with van der Waals surface area (Å²) < 4.78 is 5.34. The van der Waals surface area contributed by atoms with E-state index in [1.165, 1.54) is 18.5 Å². The molecule has 1 amide bonds. The SMILES string of the molecule is Cc1ccc(NCc2cncc(N3CCCC3)c2)cc1-c1cc(C(=O)NCC(C)(C)C)on1. The van der Waals surface area contributed by atoms with Gasteiger partial charge in [0.05, 0.1) is 11.9 Å². The molecule has 0 aliphatic carbocycles. The van der Waals surface area contributed by atoms with Crippen LogP contribution < -0.4 is 15.5 Å². The molecule has 174 valence electrons. The highest BCUT2D eigenvalue weighted by atomic mass is 16.5. The lowest BCUT2D eigenvalue weighted by atomic mass is 9.97. The van der Waals surface area contributed by atoms with Gasteiger partial charge in [-0.25, -0.2) is 0 Å². The molecule has 0 bridgehead atoms. The number of aryl methyl sites for hydroxylation is 1. The zero-order valence-corrected chi connectivity index (χ0v) is 19.9. The highest BCUT2D eigenvalue weighted by Crippen LogP contribution is 2.27. The van der Waals surface area contributed by atoms with Crippen LogP contribution in [0.3, 0.4) is 0 Å². The van der Waals surface area contributed by atoms with Crippen LogP contribution in [0.2, 0.25) is 0 Å². The van der Waals surface area contributed by atoms with Crippen LogP contribution in [-0.4, -0.2) is 35.7 Å². The fourth-order valence-electron chi connectivity index (χ4n) is 3.87. The van der Waals surface area contributed by atoms with E-state index in [9.17, 15) is 4.79 Å². The number of hydrogen-bond donors (Lipinski definition) is 2. The first-order chi connectivity index (χ1) is 15.8. The van der Waals surface area contributed by atoms with Crippen molar-refractivity contribution in [1.29, 1.82) is 0 Å². The summed E-state index contributed by atoms with van der Waals surface area (Å²) in [6, 6.07) is 10.0. The monoisotopic (exact) mass is 447 g/mol. The largest absolute Gasteiger partial charge is 0.381 e. The Morgan fingerprint density at radius 3 is 2.67 bits per heavy atom. The molecule has 0 unspecified atom stereocenters. The number of anilines is 2. The Bertz CT molecular complexity index is 1110. The van der Waals surface area contributed by atoms with Gasteiger partial charge < -0.3 is 20.1 Å². The summed E-state index contributed by atoms with van der Waals surface area (Å²) in [5.41, 5.74) is 5.95. The van der Waals surface area contributed by atoms with Crippen molar-refractivity contribution in [3.63, 3.8) is 0 Å². The molecule has 0 saturated carbocycles. The number of pyridine rings is 1. The van der Waals surface area contributed by atoms with Crippen molar-refractivity contribution >= 4 is 17.3 Å². The van der Waals surface area contributed by atoms with Crippen molar-refractivity contribution in [3.05, 3.63) is 59.6 Å². The van der Waals surface area contributed by atoms with E-state index >= 15 is 0 Å². The van der Waals surface area contributed by atoms with Crippen molar-refractivity contribution in [1.82, 2.24) is 15.5 Å². The minimum absolute atomic E-state index is 0.00137. The number of aromatic nitrogens is 2. The molecule has 3 heterocycles. The van der Waals surface area contributed by atoms with Crippen molar-refractivity contribution in [3.8, 4) is 11.3 Å². The summed E-state index contributed by atoms with van der Waals surface area (Å²) in [5.74, 6) is -0.0298. The van der Waals surface area contributed by atoms with Gasteiger partial charge in [-0.2, -0.15) is 0 Å². The standard InChI is InChI=1S/C26H33N5O2/c1-18-7-8-20(28-15-19-11-21(16-27-14-19)31-9-5-6-10-31)12-22(18)23-13-24(33-30-23)25(32)29-17-26(2,3)4/h7-8,11-14,16,28H,5-6,9-10,15,17H2,1-4H3,(H,29,32). The first-order valence-corrected chi connectivity index (χ1v) is 11.6. The zero-order chi connectivity index (χ0) is 23.4. The number of nitrogens with zero attached hydrogens (tertiary/aromatic N) is 3. The third-order valence-electron chi connectivity index (χ3n) is 5.78. The maximum atomic E-state index is 12.4. The van der Waals surface area contributed by atoms with E-state index in [1.807, 2.05) is 37.5 Å². The summed E-state index contributed by atoms with van der Waals surface area (Å²) in [4.78, 5) is 19.2. The van der Waals surface area contributed by atoms with Gasteiger partial charge in [0.25, 0.3) is 5.91 Å². The molecule has 3 aromatic rings. The van der Waals surface area contributed by atoms with Crippen molar-refractivity contribution in [2.45, 2.75) is 47.1 Å². The molecule has 7 heteroatoms. The Morgan fingerprint density at radius 2 is 1.91 bits per heavy atom. The van der Waals surface area contributed by atoms with E-state index in [0.29, 0.717) is 18.8 Å². The molecule has 33 heavy (non-hydrogen) atoms. The third-order valence-corrected chi connectivity index (χ3v) is 5.78. The Kier molecular flexibility index (Phi) is 6.67. The molecule has 1 aliphatic heterocycles. The van der Waals surface area contributed by atoms with E-state index in [2.05, 4.69) is 52.5 Å². The minimum atomic E-state index is -0.249. The smallest absolute Gasteiger partial charge is 0.289 e. The fraction of sp³-hybridized carbons (Fsp3) is 0.423. The van der Waals surface area contributed by atoms with Gasteiger partial charge in [0, 0.05) is 49.7 Å². The highest BCUT2D eigenvalue weighted by molar-refractivity contribution is 5.92. The molecule has 1 saturated heterocycles. The fourth-order valence-corrected chi connectivity index (χ4v) is 3.87. The summed E-state index contributed by atoms with van der Waals surface area (Å²) in [7, 11) is 0. The number of hydrogen-bond acceptors (Lipinski definition) is 6. The Balaban J connectivity index is 1.44. The number of benzene rings is 1. The Morgan fingerprint density at radius 1 is 1.12 bits per heavy atom. The van der Waals surface area contributed by atoms with E-state index in [0.717, 1.165) is 35.5 Å². The molecule has 2 N–H and O–H groups in total. The van der Waals surface area contributed by atoms with E-state index in [4.69, 9.17) is 4.52 Å². The van der Waals surface area contributed by atoms with Gasteiger partial charge in [0.15, 0.2) is 0 Å². The van der Waals surface area contributed by atoms with Crippen LogP contribution in [0.5, 0.6) is 0 Å². The molecular weight excluding hydrogens is 414 g/mol. The Labute approximate surface area is 195 Å². The van der Waals surface area contributed by atoms with Crippen LogP contribution in [0.15, 0.2) is 47.2 Å². The van der Waals surface area contributed by atoms with Gasteiger partial charge >= 0.3 is 0 Å². The lowest BCUT2D eigenvalue weighted by molar-refractivity contribution is 0.0902. The van der Waals surface area contributed by atoms with Crippen LogP contribution in [0.25, 0.3) is 11.3 Å². The van der Waals surface area contributed by atoms with E-state index in [1.54, 1.807) is 6.07 Å². The lowest BCUT2D eigenvalue weighted by Crippen LogP contribution is -2.31. The quantitative estimate of drug-likeness (QED) is 0.528. The number of nitrogens with one attached hydrogen (secondary N) is 2. The van der Waals surface area contributed by atoms with E-state index < -0.39 is 0 Å². The molecule has 1 aromatic carbocycles. The van der Waals surface area contributed by atoms with Crippen LogP contribution in [0.4, 0.5) is 11.4 Å². The Hall–Kier alpha value is -3.35. The molecule has 0 radical (unpaired) electrons. The van der Waals surface area contributed by atoms with Crippen molar-refractivity contribution in [2.75, 3.05) is 29.9 Å². The van der Waals surface area contributed by atoms with E-state index in [-0.39, 0.29) is 17.1 Å². The first kappa shape index (κ1) is 22.8. The van der Waals surface area contributed by atoms with Gasteiger partial charge in [0.1, 0.15) is 5.69 Å². The number of carbonyl (C=O) groups is 1. The average molecular weight is 448 g/mol. The van der Waals surface area contributed by atoms with Gasteiger partial charge in [0.2, 0.25) is 5.76 Å². The van der Waals surface area contributed by atoms with Gasteiger partial charge in [-0.3, -0.25) is 9.78 Å². The topological polar surface area (TPSA) is 83.3 Å². The van der Waals surface area contributed by atoms with Crippen LogP contribution in [0.1, 0.15) is 55.3 Å². The lowest BCUT2D eigenvalue weighted by Gasteiger charge is -2.18. The zero-order valence-electron chi connectivity index (χ0n) is 19.9. The summed E-state index contributed by atoms with van der Waals surface area (Å²) in [6.07, 6.45) is 6.34. The summed E-state index contributed by atoms with van der Waals surface area (Å²) >= 11 is 0. The predicted molar refractivity (Wildman–Crippen MR) is 131 cm³/mol. The molecule has 2 aromatic heterocycles. The van der Waals surface area contributed by atoms with Crippen LogP contribution >= 0.6 is 0 Å². The maximum Gasteiger partial charge on any atom is 0.289 e. The molecule has 1 fully saturated rings. The van der Waals surface area contributed by atoms with Crippen LogP contribution in [0, 0.1) is 12.3 Å². The normalized spacial score (nSPS) is 13.9. The molecular formula is C26H33N5O2. The van der Waals surface area contributed by atoms with Crippen molar-refractivity contribution in [2.24, 2.45) is 5.41 Å². The maximum absolute atomic E-state index is 12.4. The third kappa shape index (κ3) is 5.92. The highest BCUT2D eigenvalue weighted by Gasteiger charge is 2.18. The predicted octanol–water partition coefficient (Wildman–Crippen LogP) is 5.03. The van der Waals surface area contributed by atoms with Gasteiger partial charge in [-0.05, 0) is 54.5 Å². The second kappa shape index (κ2) is 9.65. The van der Waals surface area contributed by atoms with Gasteiger partial charge in [-0.15, -0.1) is 0 Å². The number of amides is 1. The molecule has 0 spiro atoms. The molecule has 1 aliphatic rings. The molecule has 4 rings (SSSR count). The second-order valence-corrected chi connectivity index (χ2v) is 9.95. The second-order valence-electron chi connectivity index (χ2n) is 9.95. The van der Waals surface area contributed by atoms with Crippen molar-refractivity contribution < 1.29 is 9.32 Å². The first-order valence-electron chi connectivity index (χ1n) is 11.6. The summed E-state index contributed by atoms with van der Waals surface area (Å²) in [6.45, 7) is 11.7. The average Bonchev–Trinajstić information content (AvgIpc) is 3.49. The molecule has 7 nitrogen and oxygen atoms in total. The summed E-state index contributed by atoms with van der Waals surface area (Å²) in [5, 5.41) is 10.5. The van der Waals surface area contributed by atoms with Crippen LogP contribution in [-0.2, 0) is 6.54 Å². The number of carbonyl (C=O) groups excluding carboxylic acids is 1. The van der Waals surface area contributed by atoms with Gasteiger partial charge in [-0.1, -0.05) is 32.0 Å². The number of rotatable bonds is 7. The minimum Gasteiger partial charge on any atom is -0.381 e. The molecule has 0 atom stereocenters.